The Morgan fingerprint density at radius 1 is 1.56 bits per heavy atom. The Morgan fingerprint density at radius 2 is 2.38 bits per heavy atom. The predicted molar refractivity (Wildman–Crippen MR) is 63.1 cm³/mol. The molecule has 1 saturated heterocycles. The van der Waals surface area contributed by atoms with Crippen LogP contribution in [0.4, 0.5) is 0 Å². The molecule has 0 radical (unpaired) electrons. The zero-order valence-electron chi connectivity index (χ0n) is 10.1. The van der Waals surface area contributed by atoms with Gasteiger partial charge in [0.15, 0.2) is 0 Å². The molecule has 0 aliphatic carbocycles. The Kier molecular flexibility index (Phi) is 6.14. The summed E-state index contributed by atoms with van der Waals surface area (Å²) in [5.41, 5.74) is 2.65. The van der Waals surface area contributed by atoms with Gasteiger partial charge in [0, 0.05) is 40.5 Å². The third-order valence-electron chi connectivity index (χ3n) is 2.68. The number of nitrogens with two attached hydrogens (primary N) is 1. The van der Waals surface area contributed by atoms with Crippen molar-refractivity contribution < 1.29 is 9.47 Å². The molecule has 0 aromatic heterocycles. The van der Waals surface area contributed by atoms with E-state index in [-0.39, 0.29) is 6.10 Å². The lowest BCUT2D eigenvalue weighted by Crippen LogP contribution is -2.44. The lowest BCUT2D eigenvalue weighted by Gasteiger charge is -2.19. The summed E-state index contributed by atoms with van der Waals surface area (Å²) in [6.07, 6.45) is 2.22. The number of ether oxygens (including phenoxy) is 2. The first-order chi connectivity index (χ1) is 7.81. The van der Waals surface area contributed by atoms with E-state index in [1.807, 2.05) is 0 Å². The van der Waals surface area contributed by atoms with Crippen LogP contribution in [0.3, 0.4) is 0 Å². The summed E-state index contributed by atoms with van der Waals surface area (Å²) in [6, 6.07) is 0. The SMILES string of the molecule is COCCCN=C(NN)N1CCC(OC)C1. The summed E-state index contributed by atoms with van der Waals surface area (Å²) in [7, 11) is 3.43. The van der Waals surface area contributed by atoms with Gasteiger partial charge < -0.3 is 14.4 Å². The van der Waals surface area contributed by atoms with Gasteiger partial charge in [-0.25, -0.2) is 5.84 Å². The minimum Gasteiger partial charge on any atom is -0.385 e. The van der Waals surface area contributed by atoms with E-state index in [1.54, 1.807) is 14.2 Å². The molecule has 1 atom stereocenters. The van der Waals surface area contributed by atoms with E-state index in [0.29, 0.717) is 0 Å². The number of hydrogen-bond acceptors (Lipinski definition) is 4. The summed E-state index contributed by atoms with van der Waals surface area (Å²) in [5, 5.41) is 0. The van der Waals surface area contributed by atoms with Gasteiger partial charge in [-0.3, -0.25) is 10.4 Å². The van der Waals surface area contributed by atoms with Gasteiger partial charge >= 0.3 is 0 Å². The van der Waals surface area contributed by atoms with Gasteiger partial charge in [-0.2, -0.15) is 0 Å². The highest BCUT2D eigenvalue weighted by molar-refractivity contribution is 5.79. The molecule has 1 heterocycles. The van der Waals surface area contributed by atoms with Crippen LogP contribution in [0.2, 0.25) is 0 Å². The van der Waals surface area contributed by atoms with Crippen LogP contribution in [-0.2, 0) is 9.47 Å². The number of nitrogens with zero attached hydrogens (tertiary/aromatic N) is 2. The lowest BCUT2D eigenvalue weighted by atomic mass is 10.3. The molecule has 94 valence electrons. The van der Waals surface area contributed by atoms with Crippen LogP contribution >= 0.6 is 0 Å². The fourth-order valence-corrected chi connectivity index (χ4v) is 1.74. The minimum absolute atomic E-state index is 0.289. The first kappa shape index (κ1) is 13.2. The maximum absolute atomic E-state index is 5.46. The van der Waals surface area contributed by atoms with E-state index < -0.39 is 0 Å². The zero-order chi connectivity index (χ0) is 11.8. The highest BCUT2D eigenvalue weighted by atomic mass is 16.5. The third-order valence-corrected chi connectivity index (χ3v) is 2.68. The highest BCUT2D eigenvalue weighted by Crippen LogP contribution is 2.11. The molecule has 1 fully saturated rings. The summed E-state index contributed by atoms with van der Waals surface area (Å²) in [5.74, 6) is 6.21. The summed E-state index contributed by atoms with van der Waals surface area (Å²) < 4.78 is 10.3. The Hall–Kier alpha value is -0.850. The van der Waals surface area contributed by atoms with Gasteiger partial charge in [0.05, 0.1) is 6.10 Å². The lowest BCUT2D eigenvalue weighted by molar-refractivity contribution is 0.114. The standard InChI is InChI=1S/C10H22N4O2/c1-15-7-3-5-12-10(13-11)14-6-4-9(8-14)16-2/h9H,3-8,11H2,1-2H3,(H,12,13). The Morgan fingerprint density at radius 3 is 2.94 bits per heavy atom. The fraction of sp³-hybridized carbons (Fsp3) is 0.900. The minimum atomic E-state index is 0.289. The summed E-state index contributed by atoms with van der Waals surface area (Å²) >= 11 is 0. The molecule has 0 aromatic rings. The smallest absolute Gasteiger partial charge is 0.208 e. The van der Waals surface area contributed by atoms with Crippen LogP contribution in [-0.4, -0.2) is 57.4 Å². The van der Waals surface area contributed by atoms with E-state index in [9.17, 15) is 0 Å². The van der Waals surface area contributed by atoms with Crippen molar-refractivity contribution >= 4 is 5.96 Å². The third kappa shape index (κ3) is 3.96. The van der Waals surface area contributed by atoms with Crippen molar-refractivity contribution in [2.75, 3.05) is 40.5 Å². The van der Waals surface area contributed by atoms with Crippen LogP contribution < -0.4 is 11.3 Å². The van der Waals surface area contributed by atoms with E-state index in [2.05, 4.69) is 15.3 Å². The molecule has 6 heteroatoms. The number of hydrogen-bond donors (Lipinski definition) is 2. The summed E-state index contributed by atoms with van der Waals surface area (Å²) in [6.45, 7) is 3.24. The number of guanidine groups is 1. The van der Waals surface area contributed by atoms with Crippen molar-refractivity contribution in [3.63, 3.8) is 0 Å². The molecule has 6 nitrogen and oxygen atoms in total. The number of rotatable bonds is 5. The van der Waals surface area contributed by atoms with Crippen molar-refractivity contribution in [1.29, 1.82) is 0 Å². The fourth-order valence-electron chi connectivity index (χ4n) is 1.74. The number of likely N-dealkylation sites (tertiary alicyclic amines) is 1. The maximum Gasteiger partial charge on any atom is 0.208 e. The maximum atomic E-state index is 5.46. The van der Waals surface area contributed by atoms with Gasteiger partial charge in [-0.05, 0) is 12.8 Å². The molecule has 1 aliphatic rings. The van der Waals surface area contributed by atoms with Crippen molar-refractivity contribution in [3.05, 3.63) is 0 Å². The topological polar surface area (TPSA) is 72.1 Å². The Bertz CT molecular complexity index is 223. The highest BCUT2D eigenvalue weighted by Gasteiger charge is 2.24. The molecule has 0 amide bonds. The van der Waals surface area contributed by atoms with Gasteiger partial charge in [0.1, 0.15) is 0 Å². The van der Waals surface area contributed by atoms with E-state index in [1.165, 1.54) is 0 Å². The number of nitrogens with one attached hydrogen (secondary N) is 1. The predicted octanol–water partition coefficient (Wildman–Crippen LogP) is -0.437. The van der Waals surface area contributed by atoms with Crippen molar-refractivity contribution in [3.8, 4) is 0 Å². The molecular formula is C10H22N4O2. The van der Waals surface area contributed by atoms with Crippen molar-refractivity contribution in [2.45, 2.75) is 18.9 Å². The number of hydrazine groups is 1. The molecule has 1 unspecified atom stereocenters. The normalized spacial score (nSPS) is 21.6. The van der Waals surface area contributed by atoms with Crippen LogP contribution in [0.15, 0.2) is 4.99 Å². The van der Waals surface area contributed by atoms with Gasteiger partial charge in [0.2, 0.25) is 5.96 Å². The van der Waals surface area contributed by atoms with Crippen molar-refractivity contribution in [1.82, 2.24) is 10.3 Å². The van der Waals surface area contributed by atoms with Crippen LogP contribution in [0, 0.1) is 0 Å². The second-order valence-corrected chi connectivity index (χ2v) is 3.79. The molecule has 16 heavy (non-hydrogen) atoms. The van der Waals surface area contributed by atoms with E-state index in [4.69, 9.17) is 15.3 Å². The first-order valence-corrected chi connectivity index (χ1v) is 5.59. The second-order valence-electron chi connectivity index (χ2n) is 3.79. The molecular weight excluding hydrogens is 208 g/mol. The van der Waals surface area contributed by atoms with Gasteiger partial charge in [-0.1, -0.05) is 0 Å². The molecule has 3 N–H and O–H groups in total. The van der Waals surface area contributed by atoms with Crippen LogP contribution in [0.1, 0.15) is 12.8 Å². The average Bonchev–Trinajstić information content (AvgIpc) is 2.78. The largest absolute Gasteiger partial charge is 0.385 e. The van der Waals surface area contributed by atoms with Gasteiger partial charge in [0.25, 0.3) is 0 Å². The summed E-state index contributed by atoms with van der Waals surface area (Å²) in [4.78, 5) is 6.51. The number of methoxy groups -OCH3 is 2. The van der Waals surface area contributed by atoms with Crippen LogP contribution in [0.5, 0.6) is 0 Å². The van der Waals surface area contributed by atoms with E-state index in [0.717, 1.165) is 45.0 Å². The quantitative estimate of drug-likeness (QED) is 0.220. The zero-order valence-corrected chi connectivity index (χ0v) is 10.1. The van der Waals surface area contributed by atoms with Gasteiger partial charge in [-0.15, -0.1) is 0 Å². The molecule has 0 aromatic carbocycles. The Labute approximate surface area is 96.8 Å². The molecule has 0 saturated carbocycles. The second kappa shape index (κ2) is 7.43. The molecule has 0 bridgehead atoms. The average molecular weight is 230 g/mol. The first-order valence-electron chi connectivity index (χ1n) is 5.59. The van der Waals surface area contributed by atoms with Crippen molar-refractivity contribution in [2.24, 2.45) is 10.8 Å². The molecule has 0 spiro atoms. The molecule has 1 rings (SSSR count). The monoisotopic (exact) mass is 230 g/mol. The van der Waals surface area contributed by atoms with E-state index >= 15 is 0 Å². The molecule has 1 aliphatic heterocycles. The van der Waals surface area contributed by atoms with Crippen LogP contribution in [0.25, 0.3) is 0 Å². The number of aliphatic imine (C=N–C) groups is 1. The Balaban J connectivity index is 2.35.